The molecule has 144 valence electrons. The summed E-state index contributed by atoms with van der Waals surface area (Å²) in [6.45, 7) is -1.24. The average Bonchev–Trinajstić information content (AvgIpc) is 2.66. The van der Waals surface area contributed by atoms with Crippen LogP contribution < -0.4 is 15.4 Å². The predicted octanol–water partition coefficient (Wildman–Crippen LogP) is 2.21. The van der Waals surface area contributed by atoms with Crippen LogP contribution >= 0.6 is 0 Å². The molecular weight excluding hydrogens is 358 g/mol. The summed E-state index contributed by atoms with van der Waals surface area (Å²) in [7, 11) is 1.17. The van der Waals surface area contributed by atoms with E-state index in [1.54, 1.807) is 24.4 Å². The van der Waals surface area contributed by atoms with Gasteiger partial charge in [-0.1, -0.05) is 30.3 Å². The lowest BCUT2D eigenvalue weighted by atomic mass is 9.97. The number of carbonyl (C=O) groups excluding carboxylic acids is 2. The Hall–Kier alpha value is -3.00. The Bertz CT molecular complexity index is 754. The molecule has 0 aliphatic carbocycles. The number of alkyl halides is 2. The minimum absolute atomic E-state index is 0.0528. The second-order valence-corrected chi connectivity index (χ2v) is 5.80. The number of carbonyl (C=O) groups is 2. The summed E-state index contributed by atoms with van der Waals surface area (Å²) >= 11 is 0. The summed E-state index contributed by atoms with van der Waals surface area (Å²) in [5.41, 5.74) is 1.71. The fourth-order valence-corrected chi connectivity index (χ4v) is 2.57. The van der Waals surface area contributed by atoms with Crippen molar-refractivity contribution in [3.63, 3.8) is 0 Å². The second kappa shape index (κ2) is 9.63. The van der Waals surface area contributed by atoms with Gasteiger partial charge in [0.1, 0.15) is 11.8 Å². The van der Waals surface area contributed by atoms with Crippen molar-refractivity contribution in [3.05, 3.63) is 65.7 Å². The van der Waals surface area contributed by atoms with Crippen LogP contribution in [0.4, 0.5) is 13.6 Å². The van der Waals surface area contributed by atoms with Crippen molar-refractivity contribution in [1.82, 2.24) is 5.32 Å². The molecule has 2 amide bonds. The minimum Gasteiger partial charge on any atom is -0.453 e. The number of nitrogens with one attached hydrogen (secondary N) is 1. The second-order valence-electron chi connectivity index (χ2n) is 5.80. The molecule has 0 aromatic heterocycles. The first kappa shape index (κ1) is 20.3. The molecule has 0 radical (unpaired) electrons. The van der Waals surface area contributed by atoms with Crippen LogP contribution in [-0.2, 0) is 9.53 Å². The molecule has 3 N–H and O–H groups in total. The van der Waals surface area contributed by atoms with Gasteiger partial charge in [0.05, 0.1) is 7.11 Å². The fraction of sp³-hybridized carbons (Fsp3) is 0.263. The predicted molar refractivity (Wildman–Crippen MR) is 93.3 cm³/mol. The minimum atomic E-state index is -2.89. The standard InChI is InChI=1S/C19H20F2N2O4/c1-12(17(24)23-19(25)26-2)22-16(13-6-4-3-5-7-13)14-8-10-15(11-9-14)27-18(20)21/h3-12,16,18,22H,1-2H3,(H,23,24,25)/p+1/t12-,16-/m0/s1. The molecule has 0 heterocycles. The van der Waals surface area contributed by atoms with Gasteiger partial charge in [-0.15, -0.1) is 0 Å². The molecule has 0 unspecified atom stereocenters. The van der Waals surface area contributed by atoms with E-state index in [1.807, 2.05) is 30.3 Å². The molecule has 6 nitrogen and oxygen atoms in total. The molecule has 0 saturated heterocycles. The van der Waals surface area contributed by atoms with Crippen molar-refractivity contribution < 1.29 is 33.2 Å². The first-order chi connectivity index (χ1) is 12.9. The Balaban J connectivity index is 2.22. The lowest BCUT2D eigenvalue weighted by molar-refractivity contribution is -0.704. The number of rotatable bonds is 7. The maximum Gasteiger partial charge on any atom is 0.413 e. The number of hydrogen-bond acceptors (Lipinski definition) is 4. The monoisotopic (exact) mass is 379 g/mol. The Kier molecular flexibility index (Phi) is 7.25. The molecule has 2 rings (SSSR count). The highest BCUT2D eigenvalue weighted by Crippen LogP contribution is 2.22. The highest BCUT2D eigenvalue weighted by Gasteiger charge is 2.26. The Labute approximate surface area is 155 Å². The van der Waals surface area contributed by atoms with Crippen LogP contribution in [0.2, 0.25) is 0 Å². The van der Waals surface area contributed by atoms with Crippen LogP contribution in [0, 0.1) is 0 Å². The number of imide groups is 1. The third-order valence-corrected chi connectivity index (χ3v) is 3.93. The van der Waals surface area contributed by atoms with Gasteiger partial charge in [0.15, 0.2) is 6.04 Å². The third kappa shape index (κ3) is 6.03. The van der Waals surface area contributed by atoms with Crippen molar-refractivity contribution in [2.24, 2.45) is 0 Å². The van der Waals surface area contributed by atoms with E-state index >= 15 is 0 Å². The SMILES string of the molecule is COC(=O)NC(=O)[C@H](C)[NH2+][C@@H](c1ccccc1)c1ccc(OC(F)F)cc1. The maximum atomic E-state index is 12.3. The molecule has 0 fully saturated rings. The maximum absolute atomic E-state index is 12.3. The van der Waals surface area contributed by atoms with Crippen LogP contribution in [0.5, 0.6) is 5.75 Å². The van der Waals surface area contributed by atoms with Gasteiger partial charge in [0, 0.05) is 11.1 Å². The third-order valence-electron chi connectivity index (χ3n) is 3.93. The fourth-order valence-electron chi connectivity index (χ4n) is 2.57. The van der Waals surface area contributed by atoms with Gasteiger partial charge < -0.3 is 14.8 Å². The van der Waals surface area contributed by atoms with Crippen LogP contribution in [0.25, 0.3) is 0 Å². The smallest absolute Gasteiger partial charge is 0.413 e. The van der Waals surface area contributed by atoms with Crippen LogP contribution in [0.1, 0.15) is 24.1 Å². The van der Waals surface area contributed by atoms with Gasteiger partial charge in [-0.25, -0.2) is 4.79 Å². The molecule has 0 bridgehead atoms. The lowest BCUT2D eigenvalue weighted by Crippen LogP contribution is -2.92. The van der Waals surface area contributed by atoms with E-state index in [2.05, 4.69) is 14.8 Å². The summed E-state index contributed by atoms with van der Waals surface area (Å²) in [6, 6.07) is 14.7. The molecule has 2 aromatic carbocycles. The summed E-state index contributed by atoms with van der Waals surface area (Å²) < 4.78 is 33.5. The number of alkyl carbamates (subject to hydrolysis) is 1. The van der Waals surface area contributed by atoms with E-state index in [9.17, 15) is 18.4 Å². The first-order valence-corrected chi connectivity index (χ1v) is 8.24. The highest BCUT2D eigenvalue weighted by atomic mass is 19.3. The number of nitrogens with two attached hydrogens (primary N) is 1. The van der Waals surface area contributed by atoms with Crippen LogP contribution in [0.3, 0.4) is 0 Å². The van der Waals surface area contributed by atoms with Crippen molar-refractivity contribution in [3.8, 4) is 5.75 Å². The Morgan fingerprint density at radius 3 is 2.15 bits per heavy atom. The highest BCUT2D eigenvalue weighted by molar-refractivity contribution is 5.93. The first-order valence-electron chi connectivity index (χ1n) is 8.24. The molecule has 8 heteroatoms. The van der Waals surface area contributed by atoms with Gasteiger partial charge in [0.2, 0.25) is 0 Å². The van der Waals surface area contributed by atoms with Crippen molar-refractivity contribution in [1.29, 1.82) is 0 Å². The molecule has 2 atom stereocenters. The van der Waals surface area contributed by atoms with E-state index in [1.165, 1.54) is 19.2 Å². The lowest BCUT2D eigenvalue weighted by Gasteiger charge is -2.20. The molecule has 0 aliphatic heterocycles. The van der Waals surface area contributed by atoms with E-state index in [-0.39, 0.29) is 11.8 Å². The molecule has 0 aliphatic rings. The zero-order valence-corrected chi connectivity index (χ0v) is 14.9. The zero-order chi connectivity index (χ0) is 19.8. The quantitative estimate of drug-likeness (QED) is 0.773. The summed E-state index contributed by atoms with van der Waals surface area (Å²) in [5, 5.41) is 3.91. The molecule has 0 spiro atoms. The molecule has 27 heavy (non-hydrogen) atoms. The normalized spacial score (nSPS) is 12.9. The van der Waals surface area contributed by atoms with E-state index in [4.69, 9.17) is 0 Å². The van der Waals surface area contributed by atoms with Crippen molar-refractivity contribution >= 4 is 12.0 Å². The van der Waals surface area contributed by atoms with E-state index in [0.29, 0.717) is 0 Å². The average molecular weight is 379 g/mol. The molecule has 2 aromatic rings. The van der Waals surface area contributed by atoms with Gasteiger partial charge in [0.25, 0.3) is 5.91 Å². The number of hydrogen-bond donors (Lipinski definition) is 2. The van der Waals surface area contributed by atoms with E-state index in [0.717, 1.165) is 11.1 Å². The molecule has 0 saturated carbocycles. The number of quaternary nitrogens is 1. The summed E-state index contributed by atoms with van der Waals surface area (Å²) in [5.74, 6) is -0.447. The van der Waals surface area contributed by atoms with Gasteiger partial charge in [-0.2, -0.15) is 8.78 Å². The van der Waals surface area contributed by atoms with Gasteiger partial charge in [-0.3, -0.25) is 10.1 Å². The van der Waals surface area contributed by atoms with Crippen LogP contribution in [-0.4, -0.2) is 31.8 Å². The van der Waals surface area contributed by atoms with Crippen LogP contribution in [0.15, 0.2) is 54.6 Å². The number of halogens is 2. The van der Waals surface area contributed by atoms with E-state index < -0.39 is 24.7 Å². The van der Waals surface area contributed by atoms with Crippen molar-refractivity contribution in [2.75, 3.05) is 7.11 Å². The number of ether oxygens (including phenoxy) is 2. The Morgan fingerprint density at radius 2 is 1.59 bits per heavy atom. The zero-order valence-electron chi connectivity index (χ0n) is 14.9. The Morgan fingerprint density at radius 1 is 1.00 bits per heavy atom. The summed E-state index contributed by atoms with van der Waals surface area (Å²) in [4.78, 5) is 23.4. The number of benzene rings is 2. The van der Waals surface area contributed by atoms with Crippen molar-refractivity contribution in [2.45, 2.75) is 25.6 Å². The van der Waals surface area contributed by atoms with Gasteiger partial charge >= 0.3 is 12.7 Å². The number of methoxy groups -OCH3 is 1. The largest absolute Gasteiger partial charge is 0.453 e. The topological polar surface area (TPSA) is 81.2 Å². The molecular formula is C19H21F2N2O4+. The number of amides is 2. The summed E-state index contributed by atoms with van der Waals surface area (Å²) in [6.07, 6.45) is -0.829. The van der Waals surface area contributed by atoms with Gasteiger partial charge in [-0.05, 0) is 31.2 Å².